The van der Waals surface area contributed by atoms with Crippen molar-refractivity contribution in [1.82, 2.24) is 20.9 Å². The van der Waals surface area contributed by atoms with Gasteiger partial charge in [0, 0.05) is 30.1 Å². The summed E-state index contributed by atoms with van der Waals surface area (Å²) in [6, 6.07) is 3.44. The SMILES string of the molecule is CCC(C)C(NC(=O)C(N)CCCN=C(N)N)C(=O)NC(Cc1c[nH]c2ccccc12)C(=O)NC(CCSC)C(=O)O. The maximum absolute atomic E-state index is 13.6. The largest absolute Gasteiger partial charge is 0.480 e. The molecule has 3 amide bonds. The summed E-state index contributed by atoms with van der Waals surface area (Å²) in [5.41, 5.74) is 18.3. The van der Waals surface area contributed by atoms with Crippen LogP contribution >= 0.6 is 11.8 Å². The second-order valence-corrected chi connectivity index (χ2v) is 11.2. The number of thioether (sulfide) groups is 1. The van der Waals surface area contributed by atoms with Crippen LogP contribution in [0.15, 0.2) is 35.5 Å². The standard InChI is InChI=1S/C28H44N8O5S/c1-4-16(2)23(36-24(37)19(29)9-7-12-32-28(30)31)26(39)35-22(25(38)34-21(27(40)41)11-13-42-3)14-17-15-33-20-10-6-5-8-18(17)20/h5-6,8,10,15-16,19,21-23,33H,4,7,9,11-14,29H2,1-3H3,(H,34,38)(H,35,39)(H,36,37)(H,40,41)(H4,30,31,32). The zero-order valence-electron chi connectivity index (χ0n) is 24.4. The Morgan fingerprint density at radius 2 is 1.71 bits per heavy atom. The predicted molar refractivity (Wildman–Crippen MR) is 166 cm³/mol. The highest BCUT2D eigenvalue weighted by Crippen LogP contribution is 2.20. The molecule has 2 rings (SSSR count). The molecule has 1 heterocycles. The molecule has 232 valence electrons. The molecule has 0 fully saturated rings. The van der Waals surface area contributed by atoms with Crippen LogP contribution in [0.3, 0.4) is 0 Å². The number of carboxylic acid groups (broad SMARTS) is 1. The van der Waals surface area contributed by atoms with E-state index in [1.807, 2.05) is 44.4 Å². The molecule has 13 nitrogen and oxygen atoms in total. The molecule has 0 aliphatic heterocycles. The number of amides is 3. The Balaban J connectivity index is 2.26. The number of H-pyrrole nitrogens is 1. The van der Waals surface area contributed by atoms with Crippen molar-refractivity contribution in [3.63, 3.8) is 0 Å². The summed E-state index contributed by atoms with van der Waals surface area (Å²) >= 11 is 1.47. The van der Waals surface area contributed by atoms with Crippen molar-refractivity contribution >= 4 is 52.3 Å². The Morgan fingerprint density at radius 3 is 2.36 bits per heavy atom. The number of benzene rings is 1. The molecular formula is C28H44N8O5S. The monoisotopic (exact) mass is 604 g/mol. The number of carboxylic acids is 1. The van der Waals surface area contributed by atoms with E-state index in [-0.39, 0.29) is 24.7 Å². The summed E-state index contributed by atoms with van der Waals surface area (Å²) in [6.45, 7) is 4.01. The van der Waals surface area contributed by atoms with Crippen molar-refractivity contribution in [3.8, 4) is 0 Å². The van der Waals surface area contributed by atoms with Crippen LogP contribution in [0.2, 0.25) is 0 Å². The summed E-state index contributed by atoms with van der Waals surface area (Å²) in [6.07, 6.45) is 5.27. The van der Waals surface area contributed by atoms with Gasteiger partial charge in [-0.3, -0.25) is 19.4 Å². The second kappa shape index (κ2) is 17.2. The molecule has 0 bridgehead atoms. The maximum Gasteiger partial charge on any atom is 0.326 e. The number of hydrogen-bond donors (Lipinski definition) is 8. The van der Waals surface area contributed by atoms with E-state index in [0.717, 1.165) is 16.5 Å². The Labute approximate surface area is 250 Å². The van der Waals surface area contributed by atoms with Gasteiger partial charge in [0.15, 0.2) is 5.96 Å². The summed E-state index contributed by atoms with van der Waals surface area (Å²) in [5, 5.41) is 18.6. The highest BCUT2D eigenvalue weighted by atomic mass is 32.2. The van der Waals surface area contributed by atoms with Crippen LogP contribution in [0, 0.1) is 5.92 Å². The first-order valence-corrected chi connectivity index (χ1v) is 15.4. The van der Waals surface area contributed by atoms with Crippen LogP contribution in [0.4, 0.5) is 0 Å². The van der Waals surface area contributed by atoms with Gasteiger partial charge in [0.25, 0.3) is 0 Å². The average Bonchev–Trinajstić information content (AvgIpc) is 3.37. The first-order valence-electron chi connectivity index (χ1n) is 14.0. The van der Waals surface area contributed by atoms with Crippen LogP contribution in [-0.4, -0.2) is 82.5 Å². The van der Waals surface area contributed by atoms with Crippen molar-refractivity contribution in [3.05, 3.63) is 36.0 Å². The average molecular weight is 605 g/mol. The zero-order valence-corrected chi connectivity index (χ0v) is 25.2. The van der Waals surface area contributed by atoms with E-state index in [1.54, 1.807) is 6.20 Å². The number of hydrogen-bond acceptors (Lipinski definition) is 7. The fraction of sp³-hybridized carbons (Fsp3) is 0.536. The van der Waals surface area contributed by atoms with Gasteiger partial charge in [-0.15, -0.1) is 0 Å². The minimum absolute atomic E-state index is 0.0494. The number of nitrogens with zero attached hydrogens (tertiary/aromatic N) is 1. The number of aliphatic carboxylic acids is 1. The first kappa shape index (κ1) is 34.4. The third-order valence-corrected chi connectivity index (χ3v) is 7.70. The number of para-hydroxylation sites is 1. The molecule has 5 atom stereocenters. The number of carbonyl (C=O) groups is 4. The molecule has 1 aromatic carbocycles. The van der Waals surface area contributed by atoms with Gasteiger partial charge in [-0.25, -0.2) is 4.79 Å². The molecule has 0 spiro atoms. The van der Waals surface area contributed by atoms with Crippen molar-refractivity contribution in [2.24, 2.45) is 28.1 Å². The number of carbonyl (C=O) groups excluding carboxylic acids is 3. The van der Waals surface area contributed by atoms with E-state index in [2.05, 4.69) is 25.9 Å². The van der Waals surface area contributed by atoms with Gasteiger partial charge in [0.1, 0.15) is 18.1 Å². The lowest BCUT2D eigenvalue weighted by atomic mass is 9.96. The number of aromatic amines is 1. The van der Waals surface area contributed by atoms with Crippen LogP contribution in [0.25, 0.3) is 10.9 Å². The molecule has 14 heteroatoms. The quantitative estimate of drug-likeness (QED) is 0.0669. The lowest BCUT2D eigenvalue weighted by molar-refractivity contribution is -0.142. The first-order chi connectivity index (χ1) is 20.0. The predicted octanol–water partition coefficient (Wildman–Crippen LogP) is 0.430. The van der Waals surface area contributed by atoms with Gasteiger partial charge in [-0.05, 0) is 48.8 Å². The van der Waals surface area contributed by atoms with E-state index in [0.29, 0.717) is 31.6 Å². The van der Waals surface area contributed by atoms with Crippen molar-refractivity contribution in [2.75, 3.05) is 18.6 Å². The Bertz CT molecular complexity index is 1230. The Morgan fingerprint density at radius 1 is 1.02 bits per heavy atom. The molecule has 1 aromatic heterocycles. The maximum atomic E-state index is 13.6. The van der Waals surface area contributed by atoms with E-state index in [4.69, 9.17) is 17.2 Å². The number of rotatable bonds is 18. The fourth-order valence-corrected chi connectivity index (χ4v) is 4.84. The minimum atomic E-state index is -1.16. The van der Waals surface area contributed by atoms with Crippen LogP contribution in [0.5, 0.6) is 0 Å². The summed E-state index contributed by atoms with van der Waals surface area (Å²) < 4.78 is 0. The lowest BCUT2D eigenvalue weighted by Crippen LogP contribution is -2.59. The second-order valence-electron chi connectivity index (χ2n) is 10.2. The number of fused-ring (bicyclic) bond motifs is 1. The molecule has 0 aliphatic rings. The Hall–Kier alpha value is -3.78. The summed E-state index contributed by atoms with van der Waals surface area (Å²) in [4.78, 5) is 58.8. The number of nitrogens with one attached hydrogen (secondary N) is 4. The molecule has 11 N–H and O–H groups in total. The van der Waals surface area contributed by atoms with Crippen LogP contribution in [0.1, 0.15) is 45.1 Å². The minimum Gasteiger partial charge on any atom is -0.480 e. The normalized spacial score (nSPS) is 14.7. The van der Waals surface area contributed by atoms with Gasteiger partial charge in [-0.2, -0.15) is 11.8 Å². The van der Waals surface area contributed by atoms with Gasteiger partial charge in [0.05, 0.1) is 6.04 Å². The van der Waals surface area contributed by atoms with Gasteiger partial charge < -0.3 is 43.2 Å². The Kier molecular flexibility index (Phi) is 14.1. The third-order valence-electron chi connectivity index (χ3n) is 7.05. The van der Waals surface area contributed by atoms with Crippen molar-refractivity contribution < 1.29 is 24.3 Å². The molecule has 42 heavy (non-hydrogen) atoms. The smallest absolute Gasteiger partial charge is 0.326 e. The summed E-state index contributed by atoms with van der Waals surface area (Å²) in [5.74, 6) is -2.67. The molecular weight excluding hydrogens is 560 g/mol. The van der Waals surface area contributed by atoms with E-state index in [9.17, 15) is 24.3 Å². The molecule has 0 aliphatic carbocycles. The number of nitrogens with two attached hydrogens (primary N) is 3. The van der Waals surface area contributed by atoms with Crippen molar-refractivity contribution in [2.45, 2.75) is 70.1 Å². The number of guanidine groups is 1. The highest BCUT2D eigenvalue weighted by Gasteiger charge is 2.33. The number of aromatic nitrogens is 1. The van der Waals surface area contributed by atoms with Gasteiger partial charge in [0.2, 0.25) is 17.7 Å². The zero-order chi connectivity index (χ0) is 31.2. The molecule has 0 saturated carbocycles. The molecule has 0 radical (unpaired) electrons. The lowest BCUT2D eigenvalue weighted by Gasteiger charge is -2.28. The van der Waals surface area contributed by atoms with Crippen molar-refractivity contribution in [1.29, 1.82) is 0 Å². The highest BCUT2D eigenvalue weighted by molar-refractivity contribution is 7.98. The van der Waals surface area contributed by atoms with Crippen LogP contribution in [-0.2, 0) is 25.6 Å². The van der Waals surface area contributed by atoms with Gasteiger partial charge >= 0.3 is 5.97 Å². The fourth-order valence-electron chi connectivity index (χ4n) is 4.37. The van der Waals surface area contributed by atoms with E-state index < -0.39 is 47.9 Å². The summed E-state index contributed by atoms with van der Waals surface area (Å²) in [7, 11) is 0. The van der Waals surface area contributed by atoms with E-state index >= 15 is 0 Å². The van der Waals surface area contributed by atoms with Gasteiger partial charge in [-0.1, -0.05) is 38.5 Å². The molecule has 5 unspecified atom stereocenters. The van der Waals surface area contributed by atoms with Crippen LogP contribution < -0.4 is 33.2 Å². The topological polar surface area (TPSA) is 231 Å². The third kappa shape index (κ3) is 10.6. The van der Waals surface area contributed by atoms with E-state index in [1.165, 1.54) is 11.8 Å². The number of aliphatic imine (C=N–C) groups is 1. The molecule has 2 aromatic rings. The molecule has 0 saturated heterocycles.